The molecule has 1 unspecified atom stereocenters. The highest BCUT2D eigenvalue weighted by Crippen LogP contribution is 2.22. The molecule has 1 aliphatic rings. The average Bonchev–Trinajstić information content (AvgIpc) is 2.60. The molecule has 0 aromatic heterocycles. The molecule has 86 valence electrons. The quantitative estimate of drug-likeness (QED) is 0.425. The van der Waals surface area contributed by atoms with Crippen LogP contribution in [-0.4, -0.2) is 30.0 Å². The number of hydrogen-bond acceptors (Lipinski definition) is 3. The van der Waals surface area contributed by atoms with Gasteiger partial charge < -0.3 is 10.6 Å². The monoisotopic (exact) mass is 221 g/mol. The zero-order chi connectivity index (χ0) is 12.1. The van der Waals surface area contributed by atoms with E-state index in [1.54, 1.807) is 12.2 Å². The molecule has 1 saturated heterocycles. The van der Waals surface area contributed by atoms with Gasteiger partial charge in [-0.2, -0.15) is 0 Å². The smallest absolute Gasteiger partial charge is 0.239 e. The predicted molar refractivity (Wildman–Crippen MR) is 61.5 cm³/mol. The summed E-state index contributed by atoms with van der Waals surface area (Å²) in [5, 5.41) is 0. The number of carbonyl (C=O) groups excluding carboxylic acids is 2. The lowest BCUT2D eigenvalue weighted by molar-refractivity contribution is -0.135. The van der Waals surface area contributed by atoms with Crippen molar-refractivity contribution in [3.63, 3.8) is 0 Å². The number of likely N-dealkylation sites (tertiary alicyclic amines) is 1. The number of rotatable bonds is 4. The van der Waals surface area contributed by atoms with Crippen molar-refractivity contribution in [2.75, 3.05) is 6.54 Å². The van der Waals surface area contributed by atoms with Crippen LogP contribution in [0.25, 0.3) is 0 Å². The second-order valence-corrected chi connectivity index (χ2v) is 3.47. The van der Waals surface area contributed by atoms with Crippen molar-refractivity contribution in [3.05, 3.63) is 24.0 Å². The summed E-state index contributed by atoms with van der Waals surface area (Å²) in [5.74, 6) is -1.54. The Balaban J connectivity index is 2.90. The van der Waals surface area contributed by atoms with Gasteiger partial charge in [0.1, 0.15) is 5.92 Å². The first-order valence-corrected chi connectivity index (χ1v) is 5.01. The lowest BCUT2D eigenvalue weighted by Crippen LogP contribution is -2.32. The SMILES string of the molecule is C=N/C=C(\C=C/C)N1CCC(C(N)=O)C1=O. The van der Waals surface area contributed by atoms with E-state index in [4.69, 9.17) is 5.73 Å². The van der Waals surface area contributed by atoms with Crippen LogP contribution in [0.2, 0.25) is 0 Å². The van der Waals surface area contributed by atoms with Crippen molar-refractivity contribution < 1.29 is 9.59 Å². The summed E-state index contributed by atoms with van der Waals surface area (Å²) in [7, 11) is 0. The van der Waals surface area contributed by atoms with Crippen LogP contribution >= 0.6 is 0 Å². The Hall–Kier alpha value is -1.91. The molecular weight excluding hydrogens is 206 g/mol. The lowest BCUT2D eigenvalue weighted by Gasteiger charge is -2.16. The van der Waals surface area contributed by atoms with Crippen molar-refractivity contribution >= 4 is 18.5 Å². The van der Waals surface area contributed by atoms with E-state index in [-0.39, 0.29) is 5.91 Å². The zero-order valence-corrected chi connectivity index (χ0v) is 9.22. The van der Waals surface area contributed by atoms with E-state index in [0.717, 1.165) is 0 Å². The number of nitrogens with two attached hydrogens (primary N) is 1. The Morgan fingerprint density at radius 1 is 1.69 bits per heavy atom. The third kappa shape index (κ3) is 2.36. The number of allylic oxidation sites excluding steroid dienone is 2. The van der Waals surface area contributed by atoms with E-state index >= 15 is 0 Å². The summed E-state index contributed by atoms with van der Waals surface area (Å²) in [6, 6.07) is 0. The van der Waals surface area contributed by atoms with Crippen LogP contribution in [0, 0.1) is 5.92 Å². The summed E-state index contributed by atoms with van der Waals surface area (Å²) in [4.78, 5) is 28.0. The third-order valence-electron chi connectivity index (χ3n) is 2.42. The summed E-state index contributed by atoms with van der Waals surface area (Å²) < 4.78 is 0. The number of hydrogen-bond donors (Lipinski definition) is 1. The maximum atomic E-state index is 11.8. The highest BCUT2D eigenvalue weighted by atomic mass is 16.2. The number of amides is 2. The fourth-order valence-corrected chi connectivity index (χ4v) is 1.67. The summed E-state index contributed by atoms with van der Waals surface area (Å²) in [6.07, 6.45) is 5.49. The number of nitrogens with zero attached hydrogens (tertiary/aromatic N) is 2. The largest absolute Gasteiger partial charge is 0.369 e. The molecule has 5 heteroatoms. The second-order valence-electron chi connectivity index (χ2n) is 3.47. The van der Waals surface area contributed by atoms with Crippen LogP contribution in [0.4, 0.5) is 0 Å². The van der Waals surface area contributed by atoms with Crippen molar-refractivity contribution in [2.24, 2.45) is 16.6 Å². The highest BCUT2D eigenvalue weighted by molar-refractivity contribution is 6.01. The molecule has 0 aromatic rings. The normalized spacial score (nSPS) is 21.8. The average molecular weight is 221 g/mol. The number of aliphatic imine (C=N–C) groups is 1. The Labute approximate surface area is 94.3 Å². The van der Waals surface area contributed by atoms with Gasteiger partial charge in [0.25, 0.3) is 0 Å². The summed E-state index contributed by atoms with van der Waals surface area (Å²) in [6.45, 7) is 5.66. The van der Waals surface area contributed by atoms with E-state index in [2.05, 4.69) is 11.7 Å². The summed E-state index contributed by atoms with van der Waals surface area (Å²) >= 11 is 0. The van der Waals surface area contributed by atoms with Crippen LogP contribution in [0.3, 0.4) is 0 Å². The van der Waals surface area contributed by atoms with Crippen LogP contribution in [0.1, 0.15) is 13.3 Å². The lowest BCUT2D eigenvalue weighted by atomic mass is 10.1. The maximum absolute atomic E-state index is 11.8. The first kappa shape index (κ1) is 12.2. The minimum atomic E-state index is -0.710. The second kappa shape index (κ2) is 5.25. The van der Waals surface area contributed by atoms with E-state index in [1.807, 2.05) is 6.92 Å². The number of carbonyl (C=O) groups is 2. The molecule has 1 rings (SSSR count). The molecule has 0 radical (unpaired) electrons. The predicted octanol–water partition coefficient (Wildman–Crippen LogP) is 0.438. The van der Waals surface area contributed by atoms with Crippen molar-refractivity contribution in [1.82, 2.24) is 4.90 Å². The van der Waals surface area contributed by atoms with Crippen LogP contribution in [-0.2, 0) is 9.59 Å². The minimum absolute atomic E-state index is 0.263. The van der Waals surface area contributed by atoms with Crippen molar-refractivity contribution in [1.29, 1.82) is 0 Å². The van der Waals surface area contributed by atoms with E-state index < -0.39 is 11.8 Å². The third-order valence-corrected chi connectivity index (χ3v) is 2.42. The molecule has 1 heterocycles. The molecule has 0 spiro atoms. The van der Waals surface area contributed by atoms with Gasteiger partial charge in [-0.15, -0.1) is 0 Å². The first-order chi connectivity index (χ1) is 7.61. The van der Waals surface area contributed by atoms with Gasteiger partial charge in [-0.3, -0.25) is 14.6 Å². The van der Waals surface area contributed by atoms with Gasteiger partial charge in [-0.1, -0.05) is 6.08 Å². The van der Waals surface area contributed by atoms with Crippen LogP contribution in [0.15, 0.2) is 29.0 Å². The van der Waals surface area contributed by atoms with Crippen LogP contribution < -0.4 is 5.73 Å². The van der Waals surface area contributed by atoms with Crippen molar-refractivity contribution in [2.45, 2.75) is 13.3 Å². The van der Waals surface area contributed by atoms with Gasteiger partial charge in [-0.25, -0.2) is 0 Å². The fourth-order valence-electron chi connectivity index (χ4n) is 1.67. The minimum Gasteiger partial charge on any atom is -0.369 e. The fraction of sp³-hybridized carbons (Fsp3) is 0.364. The maximum Gasteiger partial charge on any atom is 0.239 e. The van der Waals surface area contributed by atoms with Gasteiger partial charge >= 0.3 is 0 Å². The standard InChI is InChI=1S/C11H15N3O2/c1-3-4-8(7-13-2)14-6-5-9(10(12)15)11(14)16/h3-4,7,9H,2,5-6H2,1H3,(H2,12,15)/b4-3-,8-7+. The van der Waals surface area contributed by atoms with Crippen LogP contribution in [0.5, 0.6) is 0 Å². The molecule has 0 bridgehead atoms. The Morgan fingerprint density at radius 2 is 2.38 bits per heavy atom. The molecule has 16 heavy (non-hydrogen) atoms. The molecule has 0 aromatic carbocycles. The van der Waals surface area contributed by atoms with E-state index in [0.29, 0.717) is 18.7 Å². The molecule has 2 amide bonds. The first-order valence-electron chi connectivity index (χ1n) is 5.01. The molecule has 2 N–H and O–H groups in total. The Bertz CT molecular complexity index is 371. The van der Waals surface area contributed by atoms with Gasteiger partial charge in [0.15, 0.2) is 0 Å². The number of primary amides is 1. The molecule has 1 fully saturated rings. The van der Waals surface area contributed by atoms with Gasteiger partial charge in [-0.05, 0) is 26.1 Å². The zero-order valence-electron chi connectivity index (χ0n) is 9.22. The molecule has 1 aliphatic heterocycles. The Morgan fingerprint density at radius 3 is 2.81 bits per heavy atom. The highest BCUT2D eigenvalue weighted by Gasteiger charge is 2.36. The molecule has 0 saturated carbocycles. The van der Waals surface area contributed by atoms with E-state index in [1.165, 1.54) is 11.1 Å². The molecular formula is C11H15N3O2. The topological polar surface area (TPSA) is 75.8 Å². The van der Waals surface area contributed by atoms with E-state index in [9.17, 15) is 9.59 Å². The Kier molecular flexibility index (Phi) is 3.99. The molecule has 1 atom stereocenters. The molecule has 5 nitrogen and oxygen atoms in total. The van der Waals surface area contributed by atoms with Gasteiger partial charge in [0, 0.05) is 12.7 Å². The van der Waals surface area contributed by atoms with Crippen molar-refractivity contribution in [3.8, 4) is 0 Å². The summed E-state index contributed by atoms with van der Waals surface area (Å²) in [5.41, 5.74) is 5.77. The van der Waals surface area contributed by atoms with Gasteiger partial charge in [0.05, 0.1) is 5.70 Å². The molecule has 0 aliphatic carbocycles. The van der Waals surface area contributed by atoms with Gasteiger partial charge in [0.2, 0.25) is 11.8 Å².